The number of anilines is 6. The fraction of sp³-hybridized carbons (Fsp3) is 0.398. The first kappa shape index (κ1) is 92.6. The lowest BCUT2D eigenvalue weighted by atomic mass is 10.00. The first-order chi connectivity index (χ1) is 64.0. The molecule has 8 aromatic carbocycles. The summed E-state index contributed by atoms with van der Waals surface area (Å²) in [6.07, 6.45) is 7.45. The van der Waals surface area contributed by atoms with E-state index < -0.39 is 6.09 Å². The first-order valence-corrected chi connectivity index (χ1v) is 46.2. The molecule has 0 radical (unpaired) electrons. The Kier molecular flexibility index (Phi) is 30.0. The summed E-state index contributed by atoms with van der Waals surface area (Å²) in [7, 11) is 4.29. The Labute approximate surface area is 796 Å². The van der Waals surface area contributed by atoms with Crippen molar-refractivity contribution in [1.29, 1.82) is 0 Å². The molecule has 27 nitrogen and oxygen atoms in total. The van der Waals surface area contributed by atoms with Crippen molar-refractivity contribution >= 4 is 121 Å². The molecule has 0 bridgehead atoms. The zero-order valence-corrected chi connectivity index (χ0v) is 78.8. The SMILES string of the molecule is I.[C-]#[N+]C[C@H]1CN(c2nc(Cl)nc3c2CCN(c2cccc4ccccc24)C3)[C@H](C)CN1C(=O)OCc1ccccc1.[C-]#[N+]C[C@H]1CN(c2nc(OC[C@@H]3CCCN3C)nc3c2CCN(c2cccc4ccccc24)C3)[C@H](C)CN1C(=O)C=C.[C-]#[N+]C[C@H]1CN(c2nc(OC[C@@H]3CCCN3C)nc3c2CCN(c2cccc4ccccc24)C3)[C@H](C)CN1C(=O)OCc1ccccc1.[HH]. The Bertz CT molecular complexity index is 6080. The van der Waals surface area contributed by atoms with E-state index in [2.05, 4.69) is 228 Å². The van der Waals surface area contributed by atoms with Gasteiger partial charge in [0, 0.05) is 140 Å². The third kappa shape index (κ3) is 20.8. The zero-order valence-electron chi connectivity index (χ0n) is 75.7. The van der Waals surface area contributed by atoms with Gasteiger partial charge in [0.15, 0.2) is 0 Å². The zero-order chi connectivity index (χ0) is 90.6. The molecule has 8 aliphatic rings. The predicted octanol–water partition coefficient (Wildman–Crippen LogP) is 16.8. The maximum absolute atomic E-state index is 13.4. The number of carbonyl (C=O) groups excluding carboxylic acids is 3. The average molecular weight is 1910 g/mol. The number of carbonyl (C=O) groups is 3. The summed E-state index contributed by atoms with van der Waals surface area (Å²) in [5, 5.41) is 7.52. The van der Waals surface area contributed by atoms with E-state index in [4.69, 9.17) is 75.2 Å². The predicted molar refractivity (Wildman–Crippen MR) is 532 cm³/mol. The van der Waals surface area contributed by atoms with Crippen LogP contribution in [0.3, 0.4) is 0 Å². The first-order valence-electron chi connectivity index (χ1n) is 45.8. The Morgan fingerprint density at radius 2 is 0.773 bits per heavy atom. The number of halogens is 2. The van der Waals surface area contributed by atoms with Gasteiger partial charge in [-0.2, -0.15) is 19.9 Å². The van der Waals surface area contributed by atoms with E-state index in [0.29, 0.717) is 96.2 Å². The molecule has 0 unspecified atom stereocenters. The minimum Gasteiger partial charge on any atom is -0.462 e. The monoisotopic (exact) mass is 1910 g/mol. The Hall–Kier alpha value is -12.7. The summed E-state index contributed by atoms with van der Waals surface area (Å²) in [6, 6.07) is 64.5. The third-order valence-electron chi connectivity index (χ3n) is 27.1. The van der Waals surface area contributed by atoms with Crippen LogP contribution in [0.2, 0.25) is 5.28 Å². The molecule has 5 saturated heterocycles. The van der Waals surface area contributed by atoms with Crippen LogP contribution in [0, 0.1) is 19.7 Å². The lowest BCUT2D eigenvalue weighted by Crippen LogP contribution is -2.60. The van der Waals surface area contributed by atoms with Crippen molar-refractivity contribution in [3.8, 4) is 12.0 Å². The number of piperazine rings is 3. The molecule has 684 valence electrons. The van der Waals surface area contributed by atoms with Crippen LogP contribution < -0.4 is 38.9 Å². The van der Waals surface area contributed by atoms with Crippen LogP contribution in [0.4, 0.5) is 44.1 Å². The number of amides is 3. The minimum absolute atomic E-state index is 0. The van der Waals surface area contributed by atoms with E-state index in [1.54, 1.807) is 14.7 Å². The molecule has 8 aliphatic heterocycles. The number of benzene rings is 8. The van der Waals surface area contributed by atoms with E-state index in [9.17, 15) is 14.4 Å². The van der Waals surface area contributed by atoms with Crippen LogP contribution in [0.25, 0.3) is 46.9 Å². The van der Waals surface area contributed by atoms with Crippen molar-refractivity contribution in [3.63, 3.8) is 0 Å². The second-order valence-corrected chi connectivity index (χ2v) is 35.8. The highest BCUT2D eigenvalue weighted by Crippen LogP contribution is 2.41. The van der Waals surface area contributed by atoms with Gasteiger partial charge in [-0.15, -0.1) is 24.0 Å². The van der Waals surface area contributed by atoms with Crippen LogP contribution in [-0.4, -0.2) is 240 Å². The van der Waals surface area contributed by atoms with Gasteiger partial charge in [-0.25, -0.2) is 39.3 Å². The average Bonchev–Trinajstić information content (AvgIpc) is 1.24. The molecule has 0 saturated carbocycles. The third-order valence-corrected chi connectivity index (χ3v) is 27.3. The van der Waals surface area contributed by atoms with Gasteiger partial charge in [0.05, 0.1) is 36.7 Å². The number of nitrogens with zero attached hydrogens (tertiary/aromatic N) is 20. The number of likely N-dealkylation sites (tertiary alicyclic amines) is 2. The lowest BCUT2D eigenvalue weighted by Gasteiger charge is -2.45. The highest BCUT2D eigenvalue weighted by Gasteiger charge is 2.44. The maximum atomic E-state index is 13.4. The summed E-state index contributed by atoms with van der Waals surface area (Å²) in [6.45, 7) is 44.3. The fourth-order valence-corrected chi connectivity index (χ4v) is 20.2. The van der Waals surface area contributed by atoms with Gasteiger partial charge in [-0.3, -0.25) is 14.6 Å². The molecular weight excluding hydrogens is 1790 g/mol. The summed E-state index contributed by atoms with van der Waals surface area (Å²) < 4.78 is 24.1. The smallest absolute Gasteiger partial charge is 0.410 e. The van der Waals surface area contributed by atoms with Crippen LogP contribution in [-0.2, 0) is 66.4 Å². The van der Waals surface area contributed by atoms with Crippen LogP contribution in [0.15, 0.2) is 201 Å². The molecule has 0 aliphatic carbocycles. The van der Waals surface area contributed by atoms with Gasteiger partial charge in [0.25, 0.3) is 0 Å². The van der Waals surface area contributed by atoms with Crippen LogP contribution >= 0.6 is 35.6 Å². The molecular formula is C103H116ClIN20O7. The van der Waals surface area contributed by atoms with Gasteiger partial charge >= 0.3 is 24.2 Å². The molecule has 29 heteroatoms. The molecule has 0 spiro atoms. The molecule has 3 amide bonds. The summed E-state index contributed by atoms with van der Waals surface area (Å²) in [4.78, 5) is 103. The number of hydrogen-bond acceptors (Lipinski definition) is 21. The summed E-state index contributed by atoms with van der Waals surface area (Å²) in [5.74, 6) is 2.40. The lowest BCUT2D eigenvalue weighted by molar-refractivity contribution is -0.128. The second-order valence-electron chi connectivity index (χ2n) is 35.5. The van der Waals surface area contributed by atoms with Crippen molar-refractivity contribution in [1.82, 2.24) is 54.4 Å². The van der Waals surface area contributed by atoms with E-state index >= 15 is 0 Å². The van der Waals surface area contributed by atoms with E-state index in [-0.39, 0.29) is 112 Å². The van der Waals surface area contributed by atoms with Gasteiger partial charge in [0.1, 0.15) is 62.0 Å². The Morgan fingerprint density at radius 3 is 1.14 bits per heavy atom. The second kappa shape index (κ2) is 42.7. The molecule has 11 aromatic rings. The molecule has 3 aromatic heterocycles. The van der Waals surface area contributed by atoms with Gasteiger partial charge in [0.2, 0.25) is 30.8 Å². The highest BCUT2D eigenvalue weighted by molar-refractivity contribution is 14.0. The van der Waals surface area contributed by atoms with Crippen molar-refractivity contribution in [2.24, 2.45) is 0 Å². The largest absolute Gasteiger partial charge is 0.462 e. The number of likely N-dealkylation sites (N-methyl/N-ethyl adjacent to an activating group) is 2. The number of fused-ring (bicyclic) bond motifs is 6. The quantitative estimate of drug-likeness (QED) is 0.0300. The van der Waals surface area contributed by atoms with E-state index in [0.717, 1.165) is 127 Å². The maximum Gasteiger partial charge on any atom is 0.410 e. The van der Waals surface area contributed by atoms with E-state index in [1.165, 1.54) is 68.3 Å². The number of ether oxygens (including phenoxy) is 4. The van der Waals surface area contributed by atoms with Gasteiger partial charge < -0.3 is 77.6 Å². The highest BCUT2D eigenvalue weighted by atomic mass is 127. The molecule has 8 atom stereocenters. The Balaban J connectivity index is 0.000000152. The number of hydrogen-bond donors (Lipinski definition) is 0. The van der Waals surface area contributed by atoms with Crippen molar-refractivity contribution in [2.75, 3.05) is 148 Å². The van der Waals surface area contributed by atoms with Crippen molar-refractivity contribution in [2.45, 2.75) is 147 Å². The van der Waals surface area contributed by atoms with Crippen LogP contribution in [0.1, 0.15) is 92.8 Å². The summed E-state index contributed by atoms with van der Waals surface area (Å²) >= 11 is 6.51. The molecule has 0 N–H and O–H groups in total. The fourth-order valence-electron chi connectivity index (χ4n) is 20.0. The van der Waals surface area contributed by atoms with Gasteiger partial charge in [-0.1, -0.05) is 176 Å². The van der Waals surface area contributed by atoms with Crippen LogP contribution in [0.5, 0.6) is 12.0 Å². The molecule has 19 rings (SSSR count). The molecule has 132 heavy (non-hydrogen) atoms. The van der Waals surface area contributed by atoms with Crippen molar-refractivity contribution in [3.05, 3.63) is 285 Å². The molecule has 5 fully saturated rings. The van der Waals surface area contributed by atoms with Gasteiger partial charge in [-0.05, 0) is 156 Å². The van der Waals surface area contributed by atoms with Crippen molar-refractivity contribution < 1.29 is 34.8 Å². The topological polar surface area (TPSA) is 214 Å². The van der Waals surface area contributed by atoms with E-state index in [1.807, 2.05) is 60.7 Å². The normalized spacial score (nSPS) is 20.7. The standard InChI is InChI=1S/C38H43N7O3.C33H39N7O2.C32H31ClN6O2.HI.H2/c1-27-22-45(38(46)48-25-28-11-5-4-6-12-28)31(21-39-2)23-44(27)36-33-18-20-43(35-17-9-14-29-13-7-8-16-32(29)35)24-34(33)40-37(41-36)47-26-30-15-10-19-42(30)3;1-5-31(41)40-19-23(2)39(20-26(40)18-34-3)32-28-15-17-38(30-14-8-11-24-10-6-7-13-27(24)30)21-29(28)35-33(36-32)42-22-25-12-9-16-37(25)4;1-22-18-39(32(40)41-21-23-9-4-3-5-10-23)25(17-34-2)19-38(22)30-27-15-16-37(20-28(27)35-31(33)36-30)29-14-8-12-24-11-6-7-13-26(24)29;;/h4-9,11-14,16-17,27,30-31H,10,15,18-26H2,1,3H3;5-8,10-11,13-14,23,25-26H,1,9,12,15-22H2,2,4H3;3-14,22,25H,15-21H2,1H3;2*1H/t27-,30+,31+;23-,25+,26+;22-,25+;;/m111../s1. The number of rotatable bonds is 20. The minimum atomic E-state index is -0.400. The number of aromatic nitrogens is 6. The Morgan fingerprint density at radius 1 is 0.432 bits per heavy atom. The molecule has 11 heterocycles. The summed E-state index contributed by atoms with van der Waals surface area (Å²) in [5.41, 5.74) is 11.6.